The molecule has 0 N–H and O–H groups in total. The molecule has 3 heterocycles. The first-order valence-electron chi connectivity index (χ1n) is 6.68. The van der Waals surface area contributed by atoms with Gasteiger partial charge in [0.2, 0.25) is 0 Å². The summed E-state index contributed by atoms with van der Waals surface area (Å²) in [6, 6.07) is 9.05. The minimum Gasteiger partial charge on any atom is -0.143 e. The van der Waals surface area contributed by atoms with Gasteiger partial charge in [0.1, 0.15) is 0 Å². The molecule has 0 aliphatic heterocycles. The van der Waals surface area contributed by atoms with Crippen LogP contribution in [0.15, 0.2) is 33.4 Å². The molecular formula is C16H15BrS3. The summed E-state index contributed by atoms with van der Waals surface area (Å²) < 4.78 is 1.23. The molecule has 0 spiro atoms. The Labute approximate surface area is 140 Å². The highest BCUT2D eigenvalue weighted by Gasteiger charge is 2.13. The minimum absolute atomic E-state index is 1.09. The molecule has 0 aromatic carbocycles. The molecular weight excluding hydrogens is 368 g/mol. The average molecular weight is 383 g/mol. The predicted molar refractivity (Wildman–Crippen MR) is 97.4 cm³/mol. The molecule has 0 amide bonds. The first kappa shape index (κ1) is 14.5. The van der Waals surface area contributed by atoms with Gasteiger partial charge in [-0.2, -0.15) is 0 Å². The fourth-order valence-electron chi connectivity index (χ4n) is 2.28. The summed E-state index contributed by atoms with van der Waals surface area (Å²) in [6.07, 6.45) is 2.20. The zero-order chi connectivity index (χ0) is 14.1. The number of rotatable bonds is 4. The van der Waals surface area contributed by atoms with Crippen LogP contribution in [0.3, 0.4) is 0 Å². The van der Waals surface area contributed by atoms with Gasteiger partial charge in [-0.05, 0) is 69.5 Å². The molecule has 0 radical (unpaired) electrons. The molecule has 0 saturated carbocycles. The van der Waals surface area contributed by atoms with Gasteiger partial charge in [0.25, 0.3) is 0 Å². The molecule has 0 unspecified atom stereocenters. The van der Waals surface area contributed by atoms with E-state index in [1.54, 1.807) is 0 Å². The second kappa shape index (κ2) is 6.14. The van der Waals surface area contributed by atoms with Gasteiger partial charge in [-0.15, -0.1) is 34.0 Å². The van der Waals surface area contributed by atoms with Gasteiger partial charge < -0.3 is 0 Å². The van der Waals surface area contributed by atoms with Gasteiger partial charge in [-0.3, -0.25) is 0 Å². The maximum Gasteiger partial charge on any atom is 0.0708 e. The van der Waals surface area contributed by atoms with Crippen molar-refractivity contribution in [3.05, 3.63) is 44.6 Å². The number of aryl methyl sites for hydroxylation is 2. The average Bonchev–Trinajstić information content (AvgIpc) is 3.15. The van der Waals surface area contributed by atoms with Crippen molar-refractivity contribution in [2.75, 3.05) is 0 Å². The van der Waals surface area contributed by atoms with E-state index in [1.807, 2.05) is 34.0 Å². The summed E-state index contributed by atoms with van der Waals surface area (Å²) in [5.41, 5.74) is 2.91. The lowest BCUT2D eigenvalue weighted by Gasteiger charge is -1.98. The lowest BCUT2D eigenvalue weighted by molar-refractivity contribution is 1.16. The summed E-state index contributed by atoms with van der Waals surface area (Å²) in [6.45, 7) is 4.45. The topological polar surface area (TPSA) is 0 Å². The number of halogens is 1. The Morgan fingerprint density at radius 2 is 1.60 bits per heavy atom. The third kappa shape index (κ3) is 2.67. The van der Waals surface area contributed by atoms with Crippen molar-refractivity contribution in [3.63, 3.8) is 0 Å². The van der Waals surface area contributed by atoms with Crippen molar-refractivity contribution >= 4 is 49.9 Å². The van der Waals surface area contributed by atoms with E-state index in [2.05, 4.69) is 59.4 Å². The van der Waals surface area contributed by atoms with Crippen LogP contribution in [0.2, 0.25) is 0 Å². The summed E-state index contributed by atoms with van der Waals surface area (Å²) in [5, 5.41) is 2.20. The molecule has 0 nitrogen and oxygen atoms in total. The minimum atomic E-state index is 1.09. The molecule has 0 bridgehead atoms. The van der Waals surface area contributed by atoms with Crippen LogP contribution in [0.4, 0.5) is 0 Å². The van der Waals surface area contributed by atoms with Gasteiger partial charge in [0.05, 0.1) is 3.79 Å². The summed E-state index contributed by atoms with van der Waals surface area (Å²) in [7, 11) is 0. The van der Waals surface area contributed by atoms with Gasteiger partial charge >= 0.3 is 0 Å². The van der Waals surface area contributed by atoms with Gasteiger partial charge in [0.15, 0.2) is 0 Å². The summed E-state index contributed by atoms with van der Waals surface area (Å²) >= 11 is 9.23. The number of thiophene rings is 3. The van der Waals surface area contributed by atoms with Crippen LogP contribution in [0.25, 0.3) is 19.5 Å². The number of hydrogen-bond donors (Lipinski definition) is 0. The van der Waals surface area contributed by atoms with Crippen LogP contribution in [0, 0.1) is 0 Å². The van der Waals surface area contributed by atoms with Crippen LogP contribution in [-0.4, -0.2) is 0 Å². The van der Waals surface area contributed by atoms with Crippen molar-refractivity contribution in [3.8, 4) is 19.5 Å². The Kier molecular flexibility index (Phi) is 4.46. The highest BCUT2D eigenvalue weighted by molar-refractivity contribution is 9.11. The van der Waals surface area contributed by atoms with E-state index in [-0.39, 0.29) is 0 Å². The standard InChI is InChI=1S/C16H15BrS3/c1-3-10-7-8-18-15(10)12-5-6-13(19-12)16-11(4-2)9-14(17)20-16/h5-9H,3-4H2,1-2H3. The molecule has 3 rings (SSSR count). The van der Waals surface area contributed by atoms with E-state index in [1.165, 1.54) is 34.4 Å². The van der Waals surface area contributed by atoms with Crippen molar-refractivity contribution < 1.29 is 0 Å². The van der Waals surface area contributed by atoms with Crippen LogP contribution < -0.4 is 0 Å². The monoisotopic (exact) mass is 382 g/mol. The van der Waals surface area contributed by atoms with Crippen LogP contribution in [0.5, 0.6) is 0 Å². The SMILES string of the molecule is CCc1ccsc1-c1ccc(-c2sc(Br)cc2CC)s1. The quantitative estimate of drug-likeness (QED) is 0.451. The third-order valence-electron chi connectivity index (χ3n) is 3.34. The Morgan fingerprint density at radius 1 is 0.900 bits per heavy atom. The maximum absolute atomic E-state index is 3.61. The Hall–Kier alpha value is -0.420. The maximum atomic E-state index is 3.61. The van der Waals surface area contributed by atoms with Crippen LogP contribution in [-0.2, 0) is 12.8 Å². The Morgan fingerprint density at radius 3 is 2.30 bits per heavy atom. The van der Waals surface area contributed by atoms with Gasteiger partial charge in [0, 0.05) is 19.5 Å². The van der Waals surface area contributed by atoms with Crippen LogP contribution in [0.1, 0.15) is 25.0 Å². The molecule has 0 saturated heterocycles. The second-order valence-corrected chi connectivity index (χ2v) is 8.98. The fraction of sp³-hybridized carbons (Fsp3) is 0.250. The number of hydrogen-bond acceptors (Lipinski definition) is 3. The fourth-order valence-corrected chi connectivity index (χ4v) is 6.33. The molecule has 0 atom stereocenters. The Balaban J connectivity index is 2.02. The first-order valence-corrected chi connectivity index (χ1v) is 9.98. The van der Waals surface area contributed by atoms with E-state index >= 15 is 0 Å². The molecule has 0 aliphatic carbocycles. The predicted octanol–water partition coefficient (Wildman–Crippen LogP) is 7.09. The lowest BCUT2D eigenvalue weighted by Crippen LogP contribution is -1.76. The largest absolute Gasteiger partial charge is 0.143 e. The van der Waals surface area contributed by atoms with Gasteiger partial charge in [-0.1, -0.05) is 13.8 Å². The summed E-state index contributed by atoms with van der Waals surface area (Å²) in [4.78, 5) is 5.66. The molecule has 3 aromatic heterocycles. The van der Waals surface area contributed by atoms with E-state index in [0.717, 1.165) is 12.8 Å². The van der Waals surface area contributed by atoms with E-state index in [4.69, 9.17) is 0 Å². The van der Waals surface area contributed by atoms with Crippen LogP contribution >= 0.6 is 49.9 Å². The lowest BCUT2D eigenvalue weighted by atomic mass is 10.2. The third-order valence-corrected chi connectivity index (χ3v) is 7.42. The molecule has 3 aromatic rings. The molecule has 4 heteroatoms. The van der Waals surface area contributed by atoms with Gasteiger partial charge in [-0.25, -0.2) is 0 Å². The zero-order valence-electron chi connectivity index (χ0n) is 11.4. The van der Waals surface area contributed by atoms with Crippen molar-refractivity contribution in [2.45, 2.75) is 26.7 Å². The molecule has 20 heavy (non-hydrogen) atoms. The smallest absolute Gasteiger partial charge is 0.0708 e. The van der Waals surface area contributed by atoms with Crippen molar-refractivity contribution in [1.29, 1.82) is 0 Å². The van der Waals surface area contributed by atoms with E-state index in [0.29, 0.717) is 0 Å². The highest BCUT2D eigenvalue weighted by Crippen LogP contribution is 2.43. The normalized spacial score (nSPS) is 11.2. The first-order chi connectivity index (χ1) is 9.72. The summed E-state index contributed by atoms with van der Waals surface area (Å²) in [5.74, 6) is 0. The molecule has 0 aliphatic rings. The molecule has 104 valence electrons. The second-order valence-electron chi connectivity index (χ2n) is 4.55. The van der Waals surface area contributed by atoms with Crippen molar-refractivity contribution in [1.82, 2.24) is 0 Å². The van der Waals surface area contributed by atoms with E-state index in [9.17, 15) is 0 Å². The Bertz CT molecular complexity index is 718. The van der Waals surface area contributed by atoms with E-state index < -0.39 is 0 Å². The highest BCUT2D eigenvalue weighted by atomic mass is 79.9. The zero-order valence-corrected chi connectivity index (χ0v) is 15.4. The van der Waals surface area contributed by atoms with Crippen molar-refractivity contribution in [2.24, 2.45) is 0 Å². The molecule has 0 fully saturated rings.